The van der Waals surface area contributed by atoms with Gasteiger partial charge in [0.1, 0.15) is 0 Å². The molecule has 2 aliphatic carbocycles. The van der Waals surface area contributed by atoms with E-state index in [1.165, 1.54) is 16.9 Å². The van der Waals surface area contributed by atoms with E-state index in [0.29, 0.717) is 0 Å². The van der Waals surface area contributed by atoms with Crippen LogP contribution in [0, 0.1) is 5.41 Å². The third-order valence-corrected chi connectivity index (χ3v) is 5.43. The molecule has 1 saturated carbocycles. The average Bonchev–Trinajstić information content (AvgIpc) is 2.80. The summed E-state index contributed by atoms with van der Waals surface area (Å²) < 4.78 is 0. The zero-order chi connectivity index (χ0) is 12.6. The van der Waals surface area contributed by atoms with Gasteiger partial charge in [-0.1, -0.05) is 0 Å². The number of aliphatic hydroxyl groups is 1. The lowest BCUT2D eigenvalue weighted by molar-refractivity contribution is 0.0945. The van der Waals surface area contributed by atoms with E-state index >= 15 is 0 Å². The normalized spacial score (nSPS) is 19.6. The maximum Gasteiger partial charge on any atom is 0.261 e. The van der Waals surface area contributed by atoms with Crippen LogP contribution in [0.15, 0.2) is 6.07 Å². The van der Waals surface area contributed by atoms with Crippen molar-refractivity contribution in [2.45, 2.75) is 38.5 Å². The van der Waals surface area contributed by atoms with E-state index in [2.05, 4.69) is 11.4 Å². The number of aryl methyl sites for hydroxylation is 2. The van der Waals surface area contributed by atoms with Crippen LogP contribution in [0.3, 0.4) is 0 Å². The smallest absolute Gasteiger partial charge is 0.261 e. The Morgan fingerprint density at radius 3 is 2.94 bits per heavy atom. The summed E-state index contributed by atoms with van der Waals surface area (Å²) in [5.74, 6) is 0.0682. The largest absolute Gasteiger partial charge is 0.396 e. The molecule has 1 heterocycles. The molecule has 0 bridgehead atoms. The Balaban J connectivity index is 1.58. The monoisotopic (exact) mass is 265 g/mol. The fourth-order valence-electron chi connectivity index (χ4n) is 2.72. The first-order chi connectivity index (χ1) is 8.72. The highest BCUT2D eigenvalue weighted by molar-refractivity contribution is 7.14. The minimum atomic E-state index is 0.0682. The van der Waals surface area contributed by atoms with E-state index in [9.17, 15) is 4.79 Å². The fourth-order valence-corrected chi connectivity index (χ4v) is 3.89. The van der Waals surface area contributed by atoms with Crippen molar-refractivity contribution in [1.29, 1.82) is 0 Å². The number of amides is 1. The molecule has 3 rings (SSSR count). The number of hydrogen-bond acceptors (Lipinski definition) is 3. The summed E-state index contributed by atoms with van der Waals surface area (Å²) in [4.78, 5) is 14.3. The summed E-state index contributed by atoms with van der Waals surface area (Å²) in [5, 5.41) is 12.0. The summed E-state index contributed by atoms with van der Waals surface area (Å²) >= 11 is 1.65. The number of carbonyl (C=O) groups is 1. The number of aliphatic hydroxyl groups excluding tert-OH is 1. The van der Waals surface area contributed by atoms with Crippen molar-refractivity contribution in [3.8, 4) is 0 Å². The Bertz CT molecular complexity index is 441. The molecule has 0 unspecified atom stereocenters. The molecular weight excluding hydrogens is 246 g/mol. The highest BCUT2D eigenvalue weighted by Crippen LogP contribution is 2.48. The van der Waals surface area contributed by atoms with Crippen LogP contribution in [-0.2, 0) is 12.8 Å². The number of hydrogen-bond donors (Lipinski definition) is 2. The van der Waals surface area contributed by atoms with Gasteiger partial charge in [-0.05, 0) is 55.6 Å². The molecule has 0 aromatic carbocycles. The van der Waals surface area contributed by atoms with Crippen molar-refractivity contribution in [2.24, 2.45) is 5.41 Å². The van der Waals surface area contributed by atoms with Gasteiger partial charge >= 0.3 is 0 Å². The van der Waals surface area contributed by atoms with Gasteiger partial charge in [0.25, 0.3) is 5.91 Å². The van der Waals surface area contributed by atoms with Crippen molar-refractivity contribution in [1.82, 2.24) is 5.32 Å². The van der Waals surface area contributed by atoms with Crippen LogP contribution in [0.1, 0.15) is 45.8 Å². The van der Waals surface area contributed by atoms with Crippen molar-refractivity contribution >= 4 is 17.2 Å². The molecule has 2 aliphatic rings. The van der Waals surface area contributed by atoms with Gasteiger partial charge in [-0.25, -0.2) is 0 Å². The molecule has 4 heteroatoms. The molecule has 0 aliphatic heterocycles. The summed E-state index contributed by atoms with van der Waals surface area (Å²) in [6.07, 6.45) is 6.59. The minimum absolute atomic E-state index is 0.0682. The van der Waals surface area contributed by atoms with Crippen LogP contribution in [0.4, 0.5) is 0 Å². The molecular formula is C14H19NO2S. The number of fused-ring (bicyclic) bond motifs is 1. The van der Waals surface area contributed by atoms with Gasteiger partial charge in [-0.3, -0.25) is 4.79 Å². The molecule has 2 N–H and O–H groups in total. The van der Waals surface area contributed by atoms with E-state index in [1.54, 1.807) is 11.3 Å². The number of nitrogens with one attached hydrogen (secondary N) is 1. The van der Waals surface area contributed by atoms with Crippen LogP contribution >= 0.6 is 11.3 Å². The lowest BCUT2D eigenvalue weighted by Crippen LogP contribution is -2.30. The highest BCUT2D eigenvalue weighted by Gasteiger charge is 2.42. The van der Waals surface area contributed by atoms with Gasteiger partial charge in [-0.2, -0.15) is 0 Å². The van der Waals surface area contributed by atoms with Gasteiger partial charge in [0.2, 0.25) is 0 Å². The Kier molecular flexibility index (Phi) is 3.16. The number of carbonyl (C=O) groups excluding carboxylic acids is 1. The zero-order valence-corrected chi connectivity index (χ0v) is 11.3. The first-order valence-corrected chi connectivity index (χ1v) is 7.55. The van der Waals surface area contributed by atoms with Crippen LogP contribution in [0.5, 0.6) is 0 Å². The van der Waals surface area contributed by atoms with Crippen LogP contribution in [0.25, 0.3) is 0 Å². The summed E-state index contributed by atoms with van der Waals surface area (Å²) in [6.45, 7) is 0.943. The lowest BCUT2D eigenvalue weighted by atomic mass is 10.0. The second-order valence-electron chi connectivity index (χ2n) is 5.57. The lowest BCUT2D eigenvalue weighted by Gasteiger charge is -2.13. The van der Waals surface area contributed by atoms with Crippen LogP contribution in [0.2, 0.25) is 0 Å². The molecule has 1 fully saturated rings. The Labute approximate surface area is 111 Å². The number of rotatable bonds is 5. The standard InChI is InChI=1S/C14H19NO2S/c16-7-6-14(4-5-14)9-15-13(17)12-8-10-2-1-3-11(10)18-12/h8,16H,1-7,9H2,(H,15,17). The molecule has 0 saturated heterocycles. The highest BCUT2D eigenvalue weighted by atomic mass is 32.1. The van der Waals surface area contributed by atoms with Crippen molar-refractivity contribution < 1.29 is 9.90 Å². The predicted octanol–water partition coefficient (Wildman–Crippen LogP) is 2.13. The topological polar surface area (TPSA) is 49.3 Å². The van der Waals surface area contributed by atoms with E-state index in [-0.39, 0.29) is 17.9 Å². The van der Waals surface area contributed by atoms with Gasteiger partial charge < -0.3 is 10.4 Å². The van der Waals surface area contributed by atoms with Crippen molar-refractivity contribution in [3.05, 3.63) is 21.4 Å². The molecule has 3 nitrogen and oxygen atoms in total. The van der Waals surface area contributed by atoms with Gasteiger partial charge in [0.05, 0.1) is 4.88 Å². The molecule has 0 radical (unpaired) electrons. The molecule has 1 aromatic heterocycles. The third-order valence-electron chi connectivity index (χ3n) is 4.19. The molecule has 1 aromatic rings. The second-order valence-corrected chi connectivity index (χ2v) is 6.71. The fraction of sp³-hybridized carbons (Fsp3) is 0.643. The number of thiophene rings is 1. The molecule has 18 heavy (non-hydrogen) atoms. The van der Waals surface area contributed by atoms with Crippen molar-refractivity contribution in [3.63, 3.8) is 0 Å². The first kappa shape index (κ1) is 12.2. The van der Waals surface area contributed by atoms with E-state index < -0.39 is 0 Å². The van der Waals surface area contributed by atoms with E-state index in [4.69, 9.17) is 5.11 Å². The Morgan fingerprint density at radius 2 is 2.28 bits per heavy atom. The van der Waals surface area contributed by atoms with E-state index in [0.717, 1.165) is 43.5 Å². The maximum absolute atomic E-state index is 12.1. The Hall–Kier alpha value is -0.870. The first-order valence-electron chi connectivity index (χ1n) is 6.73. The minimum Gasteiger partial charge on any atom is -0.396 e. The van der Waals surface area contributed by atoms with Crippen LogP contribution < -0.4 is 5.32 Å². The van der Waals surface area contributed by atoms with Gasteiger partial charge in [0, 0.05) is 18.0 Å². The summed E-state index contributed by atoms with van der Waals surface area (Å²) in [7, 11) is 0. The Morgan fingerprint density at radius 1 is 1.44 bits per heavy atom. The van der Waals surface area contributed by atoms with Gasteiger partial charge in [0.15, 0.2) is 0 Å². The molecule has 0 spiro atoms. The molecule has 0 atom stereocenters. The quantitative estimate of drug-likeness (QED) is 0.857. The SMILES string of the molecule is O=C(NCC1(CCO)CC1)c1cc2c(s1)CCC2. The summed E-state index contributed by atoms with van der Waals surface area (Å²) in [6, 6.07) is 2.06. The molecule has 1 amide bonds. The second kappa shape index (κ2) is 4.67. The predicted molar refractivity (Wildman–Crippen MR) is 72.0 cm³/mol. The maximum atomic E-state index is 12.1. The molecule has 98 valence electrons. The summed E-state index contributed by atoms with van der Waals surface area (Å²) in [5.41, 5.74) is 1.58. The zero-order valence-electron chi connectivity index (χ0n) is 10.5. The average molecular weight is 265 g/mol. The van der Waals surface area contributed by atoms with Crippen LogP contribution in [-0.4, -0.2) is 24.2 Å². The van der Waals surface area contributed by atoms with Gasteiger partial charge in [-0.15, -0.1) is 11.3 Å². The third kappa shape index (κ3) is 2.31. The van der Waals surface area contributed by atoms with E-state index in [1.807, 2.05) is 0 Å². The van der Waals surface area contributed by atoms with Crippen molar-refractivity contribution in [2.75, 3.05) is 13.2 Å².